The lowest BCUT2D eigenvalue weighted by Crippen LogP contribution is -2.44. The van der Waals surface area contributed by atoms with Crippen molar-refractivity contribution in [3.63, 3.8) is 0 Å². The minimum atomic E-state index is -0.532. The zero-order chi connectivity index (χ0) is 18.2. The van der Waals surface area contributed by atoms with E-state index < -0.39 is 6.04 Å². The first-order chi connectivity index (χ1) is 11.5. The summed E-state index contributed by atoms with van der Waals surface area (Å²) in [5.74, 6) is -0.369. The first-order valence-corrected chi connectivity index (χ1v) is 9.90. The van der Waals surface area contributed by atoms with Crippen LogP contribution in [0, 0.1) is 5.92 Å². The van der Waals surface area contributed by atoms with E-state index >= 15 is 0 Å². The summed E-state index contributed by atoms with van der Waals surface area (Å²) in [5, 5.41) is 2.79. The Morgan fingerprint density at radius 2 is 1.29 bits per heavy atom. The molecule has 0 bridgehead atoms. The van der Waals surface area contributed by atoms with Gasteiger partial charge in [-0.1, -0.05) is 85.0 Å². The van der Waals surface area contributed by atoms with Gasteiger partial charge in [-0.25, -0.2) is 4.79 Å². The standard InChI is InChI=1S/C20H39NO3/c1-5-6-7-8-9-10-11-12-13-14-15-16-18(22)21-19(17(2)3)20(23)24-4/h17,19H,5-16H2,1-4H3,(H,21,22)/t19-/m0/s1. The van der Waals surface area contributed by atoms with E-state index in [0.29, 0.717) is 6.42 Å². The molecule has 0 aromatic heterocycles. The molecule has 0 radical (unpaired) electrons. The van der Waals surface area contributed by atoms with Crippen molar-refractivity contribution in [3.05, 3.63) is 0 Å². The molecule has 1 N–H and O–H groups in total. The molecule has 1 amide bonds. The molecule has 0 saturated carbocycles. The number of esters is 1. The van der Waals surface area contributed by atoms with Gasteiger partial charge in [0.05, 0.1) is 7.11 Å². The predicted octanol–water partition coefficient (Wildman–Crippen LogP) is 5.00. The van der Waals surface area contributed by atoms with Crippen LogP contribution in [0.15, 0.2) is 0 Å². The molecule has 142 valence electrons. The van der Waals surface area contributed by atoms with Gasteiger partial charge in [0, 0.05) is 6.42 Å². The van der Waals surface area contributed by atoms with Crippen molar-refractivity contribution in [1.82, 2.24) is 5.32 Å². The Morgan fingerprint density at radius 1 is 0.833 bits per heavy atom. The number of amides is 1. The number of unbranched alkanes of at least 4 members (excludes halogenated alkanes) is 10. The molecule has 0 aliphatic heterocycles. The Kier molecular flexibility index (Phi) is 14.8. The Morgan fingerprint density at radius 3 is 1.71 bits per heavy atom. The van der Waals surface area contributed by atoms with Crippen molar-refractivity contribution in [3.8, 4) is 0 Å². The largest absolute Gasteiger partial charge is 0.467 e. The summed E-state index contributed by atoms with van der Waals surface area (Å²) in [4.78, 5) is 23.5. The Labute approximate surface area is 149 Å². The van der Waals surface area contributed by atoms with Crippen molar-refractivity contribution in [2.45, 2.75) is 104 Å². The maximum absolute atomic E-state index is 11.9. The third-order valence-electron chi connectivity index (χ3n) is 4.45. The van der Waals surface area contributed by atoms with Crippen molar-refractivity contribution >= 4 is 11.9 Å². The van der Waals surface area contributed by atoms with Gasteiger partial charge in [0.25, 0.3) is 0 Å². The molecule has 0 aromatic carbocycles. The van der Waals surface area contributed by atoms with E-state index in [2.05, 4.69) is 12.2 Å². The van der Waals surface area contributed by atoms with Crippen molar-refractivity contribution in [1.29, 1.82) is 0 Å². The van der Waals surface area contributed by atoms with Gasteiger partial charge in [0.2, 0.25) is 5.91 Å². The molecule has 0 rings (SSSR count). The molecule has 1 atom stereocenters. The number of carbonyl (C=O) groups is 2. The van der Waals surface area contributed by atoms with Gasteiger partial charge >= 0.3 is 5.97 Å². The molecule has 24 heavy (non-hydrogen) atoms. The van der Waals surface area contributed by atoms with Crippen molar-refractivity contribution in [2.75, 3.05) is 7.11 Å². The molecule has 0 fully saturated rings. The number of rotatable bonds is 15. The molecular formula is C20H39NO3. The van der Waals surface area contributed by atoms with Crippen LogP contribution in [-0.2, 0) is 14.3 Å². The molecule has 0 aliphatic rings. The number of methoxy groups -OCH3 is 1. The van der Waals surface area contributed by atoms with Crippen LogP contribution < -0.4 is 5.32 Å². The molecule has 0 spiro atoms. The second-order valence-corrected chi connectivity index (χ2v) is 7.10. The summed E-state index contributed by atoms with van der Waals surface area (Å²) in [6.07, 6.45) is 14.4. The van der Waals surface area contributed by atoms with Gasteiger partial charge in [-0.15, -0.1) is 0 Å². The van der Waals surface area contributed by atoms with E-state index in [1.54, 1.807) is 0 Å². The quantitative estimate of drug-likeness (QED) is 0.337. The Bertz CT molecular complexity index is 329. The summed E-state index contributed by atoms with van der Waals surface area (Å²) in [5.41, 5.74) is 0. The second kappa shape index (κ2) is 15.5. The highest BCUT2D eigenvalue weighted by molar-refractivity contribution is 5.84. The van der Waals surface area contributed by atoms with Crippen LogP contribution in [0.3, 0.4) is 0 Å². The van der Waals surface area contributed by atoms with Gasteiger partial charge in [0.1, 0.15) is 6.04 Å². The molecule has 0 saturated heterocycles. The van der Waals surface area contributed by atoms with E-state index in [4.69, 9.17) is 4.74 Å². The van der Waals surface area contributed by atoms with Crippen LogP contribution in [-0.4, -0.2) is 25.0 Å². The predicted molar refractivity (Wildman–Crippen MR) is 99.9 cm³/mol. The van der Waals surface area contributed by atoms with E-state index in [0.717, 1.165) is 12.8 Å². The highest BCUT2D eigenvalue weighted by Crippen LogP contribution is 2.12. The maximum Gasteiger partial charge on any atom is 0.328 e. The number of ether oxygens (including phenoxy) is 1. The minimum absolute atomic E-state index is 0.0405. The normalized spacial score (nSPS) is 12.2. The monoisotopic (exact) mass is 341 g/mol. The lowest BCUT2D eigenvalue weighted by Gasteiger charge is -2.19. The van der Waals surface area contributed by atoms with Crippen LogP contribution in [0.25, 0.3) is 0 Å². The van der Waals surface area contributed by atoms with Crippen LogP contribution in [0.4, 0.5) is 0 Å². The fourth-order valence-corrected chi connectivity index (χ4v) is 2.82. The van der Waals surface area contributed by atoms with Crippen LogP contribution in [0.2, 0.25) is 0 Å². The zero-order valence-corrected chi connectivity index (χ0v) is 16.4. The molecule has 0 heterocycles. The van der Waals surface area contributed by atoms with E-state index in [1.165, 1.54) is 64.9 Å². The number of carbonyl (C=O) groups excluding carboxylic acids is 2. The highest BCUT2D eigenvalue weighted by Gasteiger charge is 2.24. The number of hydrogen-bond acceptors (Lipinski definition) is 3. The molecule has 0 aromatic rings. The van der Waals surface area contributed by atoms with Crippen molar-refractivity contribution in [2.24, 2.45) is 5.92 Å². The van der Waals surface area contributed by atoms with Crippen LogP contribution in [0.1, 0.15) is 97.8 Å². The average molecular weight is 342 g/mol. The first-order valence-electron chi connectivity index (χ1n) is 9.90. The third kappa shape index (κ3) is 12.4. The first kappa shape index (κ1) is 22.9. The lowest BCUT2D eigenvalue weighted by molar-refractivity contribution is -0.146. The van der Waals surface area contributed by atoms with Gasteiger partial charge in [-0.05, 0) is 12.3 Å². The average Bonchev–Trinajstić information content (AvgIpc) is 2.56. The summed E-state index contributed by atoms with van der Waals surface area (Å²) in [7, 11) is 1.35. The van der Waals surface area contributed by atoms with Gasteiger partial charge < -0.3 is 10.1 Å². The minimum Gasteiger partial charge on any atom is -0.467 e. The lowest BCUT2D eigenvalue weighted by atomic mass is 10.0. The second-order valence-electron chi connectivity index (χ2n) is 7.10. The molecular weight excluding hydrogens is 302 g/mol. The zero-order valence-electron chi connectivity index (χ0n) is 16.4. The number of hydrogen-bond donors (Lipinski definition) is 1. The summed E-state index contributed by atoms with van der Waals surface area (Å²) in [6.45, 7) is 6.06. The van der Waals surface area contributed by atoms with E-state index in [-0.39, 0.29) is 17.8 Å². The Balaban J connectivity index is 3.56. The van der Waals surface area contributed by atoms with E-state index in [1.807, 2.05) is 13.8 Å². The molecule has 4 heteroatoms. The molecule has 0 unspecified atom stereocenters. The summed E-state index contributed by atoms with van der Waals surface area (Å²) >= 11 is 0. The van der Waals surface area contributed by atoms with E-state index in [9.17, 15) is 9.59 Å². The van der Waals surface area contributed by atoms with Crippen LogP contribution >= 0.6 is 0 Å². The summed E-state index contributed by atoms with van der Waals surface area (Å²) < 4.78 is 4.73. The summed E-state index contributed by atoms with van der Waals surface area (Å²) in [6, 6.07) is -0.532. The van der Waals surface area contributed by atoms with Gasteiger partial charge in [-0.3, -0.25) is 4.79 Å². The maximum atomic E-state index is 11.9. The van der Waals surface area contributed by atoms with Crippen molar-refractivity contribution < 1.29 is 14.3 Å². The van der Waals surface area contributed by atoms with Gasteiger partial charge in [0.15, 0.2) is 0 Å². The third-order valence-corrected chi connectivity index (χ3v) is 4.45. The topological polar surface area (TPSA) is 55.4 Å². The fraction of sp³-hybridized carbons (Fsp3) is 0.900. The fourth-order valence-electron chi connectivity index (χ4n) is 2.82. The highest BCUT2D eigenvalue weighted by atomic mass is 16.5. The SMILES string of the molecule is CCCCCCCCCCCCCC(=O)N[C@H](C(=O)OC)C(C)C. The smallest absolute Gasteiger partial charge is 0.328 e. The Hall–Kier alpha value is -1.06. The van der Waals surface area contributed by atoms with Gasteiger partial charge in [-0.2, -0.15) is 0 Å². The molecule has 0 aliphatic carbocycles. The van der Waals surface area contributed by atoms with Crippen LogP contribution in [0.5, 0.6) is 0 Å². The number of nitrogens with one attached hydrogen (secondary N) is 1. The molecule has 4 nitrogen and oxygen atoms in total.